The zero-order valence-corrected chi connectivity index (χ0v) is 12.4. The van der Waals surface area contributed by atoms with E-state index in [9.17, 15) is 13.2 Å². The van der Waals surface area contributed by atoms with Gasteiger partial charge in [-0.25, -0.2) is 8.42 Å². The van der Waals surface area contributed by atoms with Crippen LogP contribution in [0.15, 0.2) is 0 Å². The van der Waals surface area contributed by atoms with Crippen molar-refractivity contribution in [3.05, 3.63) is 0 Å². The van der Waals surface area contributed by atoms with Crippen molar-refractivity contribution in [3.8, 4) is 0 Å². The van der Waals surface area contributed by atoms with Gasteiger partial charge in [0.1, 0.15) is 0 Å². The van der Waals surface area contributed by atoms with Crippen LogP contribution >= 0.6 is 0 Å². The summed E-state index contributed by atoms with van der Waals surface area (Å²) in [6, 6.07) is 0. The van der Waals surface area contributed by atoms with Crippen LogP contribution in [-0.4, -0.2) is 45.0 Å². The fourth-order valence-corrected chi connectivity index (χ4v) is 4.56. The van der Waals surface area contributed by atoms with Gasteiger partial charge >= 0.3 is 0 Å². The third-order valence-corrected chi connectivity index (χ3v) is 6.57. The third-order valence-electron chi connectivity index (χ3n) is 4.56. The molecule has 6 heteroatoms. The minimum Gasteiger partial charge on any atom is -0.354 e. The van der Waals surface area contributed by atoms with Gasteiger partial charge in [0.2, 0.25) is 5.91 Å². The lowest BCUT2D eigenvalue weighted by Gasteiger charge is -2.34. The summed E-state index contributed by atoms with van der Waals surface area (Å²) in [6.07, 6.45) is 6.68. The zero-order chi connectivity index (χ0) is 13.9. The van der Waals surface area contributed by atoms with E-state index in [1.807, 2.05) is 0 Å². The Kier molecular flexibility index (Phi) is 4.50. The smallest absolute Gasteiger partial charge is 0.241 e. The molecule has 1 aliphatic heterocycles. The van der Waals surface area contributed by atoms with Crippen LogP contribution in [0.5, 0.6) is 0 Å². The Morgan fingerprint density at radius 3 is 2.37 bits per heavy atom. The van der Waals surface area contributed by atoms with Crippen molar-refractivity contribution < 1.29 is 13.2 Å². The maximum Gasteiger partial charge on any atom is 0.241 e. The zero-order valence-electron chi connectivity index (χ0n) is 11.6. The Hall–Kier alpha value is -0.620. The van der Waals surface area contributed by atoms with E-state index in [2.05, 4.69) is 10.6 Å². The second-order valence-corrected chi connectivity index (χ2v) is 8.20. The Morgan fingerprint density at radius 1 is 1.26 bits per heavy atom. The molecule has 19 heavy (non-hydrogen) atoms. The number of amides is 1. The van der Waals surface area contributed by atoms with Gasteiger partial charge in [0.05, 0.1) is 0 Å². The molecule has 1 amide bonds. The van der Waals surface area contributed by atoms with Crippen LogP contribution in [-0.2, 0) is 14.6 Å². The van der Waals surface area contributed by atoms with Crippen LogP contribution in [0.25, 0.3) is 0 Å². The first-order chi connectivity index (χ1) is 8.96. The van der Waals surface area contributed by atoms with Gasteiger partial charge in [-0.3, -0.25) is 4.79 Å². The summed E-state index contributed by atoms with van der Waals surface area (Å²) in [7, 11) is -3.38. The molecule has 0 spiro atoms. The molecule has 2 N–H and O–H groups in total. The van der Waals surface area contributed by atoms with Crippen molar-refractivity contribution in [2.24, 2.45) is 5.92 Å². The van der Waals surface area contributed by atoms with E-state index in [4.69, 9.17) is 0 Å². The molecule has 5 nitrogen and oxygen atoms in total. The van der Waals surface area contributed by atoms with Crippen LogP contribution in [0.1, 0.15) is 38.5 Å². The maximum absolute atomic E-state index is 12.4. The molecule has 0 aromatic rings. The third kappa shape index (κ3) is 3.11. The van der Waals surface area contributed by atoms with E-state index in [1.165, 1.54) is 19.1 Å². The van der Waals surface area contributed by atoms with Gasteiger partial charge in [0, 0.05) is 12.8 Å². The highest BCUT2D eigenvalue weighted by Crippen LogP contribution is 2.29. The fraction of sp³-hybridized carbons (Fsp3) is 0.923. The number of sulfone groups is 1. The SMILES string of the molecule is CS(=O)(=O)C1(C(=O)NCC2CCCC2)CCNCC1. The van der Waals surface area contributed by atoms with Gasteiger partial charge in [-0.05, 0) is 44.7 Å². The molecule has 2 rings (SSSR count). The van der Waals surface area contributed by atoms with Crippen LogP contribution in [0, 0.1) is 5.92 Å². The summed E-state index contributed by atoms with van der Waals surface area (Å²) in [6.45, 7) is 1.80. The number of rotatable bonds is 4. The fourth-order valence-electron chi connectivity index (χ4n) is 3.21. The van der Waals surface area contributed by atoms with Gasteiger partial charge in [-0.15, -0.1) is 0 Å². The standard InChI is InChI=1S/C13H24N2O3S/c1-19(17,18)13(6-8-14-9-7-13)12(16)15-10-11-4-2-3-5-11/h11,14H,2-10H2,1H3,(H,15,16). The highest BCUT2D eigenvalue weighted by molar-refractivity contribution is 7.92. The lowest BCUT2D eigenvalue weighted by Crippen LogP contribution is -2.57. The molecule has 0 atom stereocenters. The summed E-state index contributed by atoms with van der Waals surface area (Å²) < 4.78 is 22.9. The first-order valence-corrected chi connectivity index (χ1v) is 9.03. The average Bonchev–Trinajstić information content (AvgIpc) is 2.88. The molecular formula is C13H24N2O3S. The molecule has 2 aliphatic rings. The lowest BCUT2D eigenvalue weighted by molar-refractivity contribution is -0.124. The van der Waals surface area contributed by atoms with Crippen molar-refractivity contribution in [3.63, 3.8) is 0 Å². The molecule has 0 unspecified atom stereocenters. The predicted molar refractivity (Wildman–Crippen MR) is 74.6 cm³/mol. The summed E-state index contributed by atoms with van der Waals surface area (Å²) in [4.78, 5) is 12.4. The highest BCUT2D eigenvalue weighted by atomic mass is 32.2. The summed E-state index contributed by atoms with van der Waals surface area (Å²) in [5, 5.41) is 6.02. The second kappa shape index (κ2) is 5.79. The maximum atomic E-state index is 12.4. The Morgan fingerprint density at radius 2 is 1.84 bits per heavy atom. The van der Waals surface area contributed by atoms with Crippen molar-refractivity contribution >= 4 is 15.7 Å². The predicted octanol–water partition coefficient (Wildman–Crippen LogP) is 0.460. The van der Waals surface area contributed by atoms with E-state index in [0.29, 0.717) is 38.4 Å². The van der Waals surface area contributed by atoms with Crippen LogP contribution in [0.2, 0.25) is 0 Å². The molecule has 2 fully saturated rings. The molecular weight excluding hydrogens is 264 g/mol. The van der Waals surface area contributed by atoms with Gasteiger partial charge in [0.25, 0.3) is 0 Å². The van der Waals surface area contributed by atoms with E-state index in [0.717, 1.165) is 12.8 Å². The van der Waals surface area contributed by atoms with E-state index < -0.39 is 14.6 Å². The summed E-state index contributed by atoms with van der Waals surface area (Å²) in [5.74, 6) is 0.241. The van der Waals surface area contributed by atoms with E-state index in [-0.39, 0.29) is 5.91 Å². The summed E-state index contributed by atoms with van der Waals surface area (Å²) >= 11 is 0. The van der Waals surface area contributed by atoms with Gasteiger partial charge in [-0.2, -0.15) is 0 Å². The van der Waals surface area contributed by atoms with Crippen molar-refractivity contribution in [2.75, 3.05) is 25.9 Å². The number of nitrogens with one attached hydrogen (secondary N) is 2. The number of carbonyl (C=O) groups is 1. The molecule has 1 saturated carbocycles. The first kappa shape index (κ1) is 14.8. The number of carbonyl (C=O) groups excluding carboxylic acids is 1. The topological polar surface area (TPSA) is 75.3 Å². The first-order valence-electron chi connectivity index (χ1n) is 7.14. The van der Waals surface area contributed by atoms with Crippen molar-refractivity contribution in [1.82, 2.24) is 10.6 Å². The van der Waals surface area contributed by atoms with Gasteiger partial charge in [-0.1, -0.05) is 12.8 Å². The normalized spacial score (nSPS) is 24.3. The second-order valence-electron chi connectivity index (χ2n) is 5.88. The molecule has 0 bridgehead atoms. The largest absolute Gasteiger partial charge is 0.354 e. The van der Waals surface area contributed by atoms with Gasteiger partial charge in [0.15, 0.2) is 14.6 Å². The molecule has 0 aromatic heterocycles. The molecule has 1 heterocycles. The Bertz CT molecular complexity index is 421. The van der Waals surface area contributed by atoms with Crippen molar-refractivity contribution in [1.29, 1.82) is 0 Å². The number of hydrogen-bond donors (Lipinski definition) is 2. The Balaban J connectivity index is 2.03. The van der Waals surface area contributed by atoms with Crippen LogP contribution in [0.4, 0.5) is 0 Å². The van der Waals surface area contributed by atoms with Crippen molar-refractivity contribution in [2.45, 2.75) is 43.3 Å². The minimum absolute atomic E-state index is 0.289. The Labute approximate surface area is 115 Å². The lowest BCUT2D eigenvalue weighted by atomic mass is 9.95. The molecule has 1 saturated heterocycles. The average molecular weight is 288 g/mol. The highest BCUT2D eigenvalue weighted by Gasteiger charge is 2.48. The van der Waals surface area contributed by atoms with Crippen LogP contribution < -0.4 is 10.6 Å². The van der Waals surface area contributed by atoms with E-state index in [1.54, 1.807) is 0 Å². The number of hydrogen-bond acceptors (Lipinski definition) is 4. The molecule has 1 aliphatic carbocycles. The summed E-state index contributed by atoms with van der Waals surface area (Å²) in [5.41, 5.74) is 0. The van der Waals surface area contributed by atoms with Gasteiger partial charge < -0.3 is 10.6 Å². The molecule has 0 radical (unpaired) electrons. The quantitative estimate of drug-likeness (QED) is 0.788. The van der Waals surface area contributed by atoms with Crippen LogP contribution in [0.3, 0.4) is 0 Å². The molecule has 110 valence electrons. The van der Waals surface area contributed by atoms with E-state index >= 15 is 0 Å². The minimum atomic E-state index is -3.38. The number of piperidine rings is 1. The monoisotopic (exact) mass is 288 g/mol. The molecule has 0 aromatic carbocycles.